The minimum atomic E-state index is -0.567. The topological polar surface area (TPSA) is 43.4 Å². The van der Waals surface area contributed by atoms with E-state index in [-0.39, 0.29) is 22.3 Å². The van der Waals surface area contributed by atoms with Crippen LogP contribution in [0.15, 0.2) is 0 Å². The van der Waals surface area contributed by atoms with Crippen molar-refractivity contribution in [3.63, 3.8) is 0 Å². The molecular weight excluding hydrogens is 310 g/mol. The SMILES string of the molecule is CC(CBr)C(=O)[N+]1(C(=O)OC(C)(C)C)CCC[C@H]1C. The molecule has 110 valence electrons. The zero-order valence-electron chi connectivity index (χ0n) is 12.5. The van der Waals surface area contributed by atoms with Crippen LogP contribution in [0.1, 0.15) is 47.5 Å². The normalized spacial score (nSPS) is 29.1. The number of halogens is 1. The number of rotatable bonds is 2. The fourth-order valence-corrected chi connectivity index (χ4v) is 2.85. The highest BCUT2D eigenvalue weighted by Crippen LogP contribution is 2.32. The van der Waals surface area contributed by atoms with E-state index in [1.165, 1.54) is 0 Å². The molecule has 3 atom stereocenters. The second-order valence-corrected chi connectivity index (χ2v) is 7.11. The van der Waals surface area contributed by atoms with Crippen LogP contribution in [0.5, 0.6) is 0 Å². The van der Waals surface area contributed by atoms with Gasteiger partial charge in [-0.15, -0.1) is 0 Å². The third-order valence-corrected chi connectivity index (χ3v) is 4.62. The molecule has 0 saturated carbocycles. The number of nitrogens with zero attached hydrogens (tertiary/aromatic N) is 1. The van der Waals surface area contributed by atoms with Crippen LogP contribution in [0, 0.1) is 5.92 Å². The van der Waals surface area contributed by atoms with Crippen LogP contribution >= 0.6 is 15.9 Å². The van der Waals surface area contributed by atoms with Gasteiger partial charge in [-0.05, 0) is 34.6 Å². The Labute approximate surface area is 124 Å². The molecule has 2 unspecified atom stereocenters. The summed E-state index contributed by atoms with van der Waals surface area (Å²) in [5.41, 5.74) is -0.567. The molecule has 1 aliphatic rings. The lowest BCUT2D eigenvalue weighted by molar-refractivity contribution is -0.795. The van der Waals surface area contributed by atoms with Crippen molar-refractivity contribution in [3.05, 3.63) is 0 Å². The average molecular weight is 335 g/mol. The van der Waals surface area contributed by atoms with Crippen LogP contribution < -0.4 is 0 Å². The highest BCUT2D eigenvalue weighted by Gasteiger charge is 2.55. The van der Waals surface area contributed by atoms with Gasteiger partial charge in [-0.1, -0.05) is 15.9 Å². The Hall–Kier alpha value is -0.420. The van der Waals surface area contributed by atoms with Gasteiger partial charge in [0.1, 0.15) is 11.6 Å². The Kier molecular flexibility index (Phi) is 5.18. The van der Waals surface area contributed by atoms with E-state index in [9.17, 15) is 9.59 Å². The predicted molar refractivity (Wildman–Crippen MR) is 78.0 cm³/mol. The molecule has 1 aliphatic heterocycles. The summed E-state index contributed by atoms with van der Waals surface area (Å²) in [5, 5.41) is 0.571. The van der Waals surface area contributed by atoms with Gasteiger partial charge in [0.2, 0.25) is 0 Å². The van der Waals surface area contributed by atoms with Crippen molar-refractivity contribution in [2.75, 3.05) is 11.9 Å². The van der Waals surface area contributed by atoms with Gasteiger partial charge in [0, 0.05) is 18.2 Å². The van der Waals surface area contributed by atoms with E-state index in [0.29, 0.717) is 11.9 Å². The zero-order chi connectivity index (χ0) is 14.8. The minimum absolute atomic E-state index is 0.00356. The summed E-state index contributed by atoms with van der Waals surface area (Å²) in [4.78, 5) is 25.2. The molecule has 5 heteroatoms. The van der Waals surface area contributed by atoms with E-state index in [1.54, 1.807) is 0 Å². The van der Waals surface area contributed by atoms with Crippen molar-refractivity contribution in [1.29, 1.82) is 0 Å². The highest BCUT2D eigenvalue weighted by atomic mass is 79.9. The lowest BCUT2D eigenvalue weighted by atomic mass is 10.1. The molecule has 0 spiro atoms. The number of likely N-dealkylation sites (tertiary alicyclic amines) is 1. The first-order valence-corrected chi connectivity index (χ1v) is 7.99. The van der Waals surface area contributed by atoms with Gasteiger partial charge in [0.05, 0.1) is 12.5 Å². The van der Waals surface area contributed by atoms with Gasteiger partial charge in [0.15, 0.2) is 0 Å². The third-order valence-electron chi connectivity index (χ3n) is 3.65. The van der Waals surface area contributed by atoms with Crippen LogP contribution in [-0.2, 0) is 9.53 Å². The van der Waals surface area contributed by atoms with Crippen LogP contribution in [0.2, 0.25) is 0 Å². The fourth-order valence-electron chi connectivity index (χ4n) is 2.57. The first-order valence-electron chi connectivity index (χ1n) is 6.87. The second-order valence-electron chi connectivity index (χ2n) is 6.46. The summed E-state index contributed by atoms with van der Waals surface area (Å²) < 4.78 is 5.36. The molecular formula is C14H25BrNO3+. The Morgan fingerprint density at radius 3 is 2.37 bits per heavy atom. The maximum absolute atomic E-state index is 12.7. The van der Waals surface area contributed by atoms with Gasteiger partial charge in [-0.3, -0.25) is 0 Å². The van der Waals surface area contributed by atoms with E-state index in [2.05, 4.69) is 15.9 Å². The van der Waals surface area contributed by atoms with Crippen molar-refractivity contribution < 1.29 is 18.8 Å². The first kappa shape index (κ1) is 16.6. The molecule has 0 bridgehead atoms. The summed E-state index contributed by atoms with van der Waals surface area (Å²) in [5.74, 6) is -0.218. The van der Waals surface area contributed by atoms with Crippen molar-refractivity contribution in [3.8, 4) is 0 Å². The molecule has 0 aromatic rings. The average Bonchev–Trinajstić information content (AvgIpc) is 2.67. The molecule has 0 radical (unpaired) electrons. The molecule has 1 fully saturated rings. The van der Waals surface area contributed by atoms with Crippen molar-refractivity contribution in [1.82, 2.24) is 0 Å². The molecule has 19 heavy (non-hydrogen) atoms. The second kappa shape index (κ2) is 5.92. The standard InChI is InChI=1S/C14H25BrNO3/c1-10(9-15)12(17)16(8-6-7-11(16)2)13(18)19-14(3,4)5/h10-11H,6-9H2,1-5H3/q+1/t10?,11-,16?/m1/s1. The molecule has 0 N–H and O–H groups in total. The summed E-state index contributed by atoms with van der Waals surface area (Å²) in [6.45, 7) is 9.89. The van der Waals surface area contributed by atoms with Crippen molar-refractivity contribution in [2.24, 2.45) is 5.92 Å². The molecule has 0 aliphatic carbocycles. The third kappa shape index (κ3) is 3.37. The lowest BCUT2D eigenvalue weighted by Crippen LogP contribution is -2.62. The number of carbonyl (C=O) groups excluding carboxylic acids is 2. The summed E-state index contributed by atoms with van der Waals surface area (Å²) in [6, 6.07) is 0.00356. The monoisotopic (exact) mass is 334 g/mol. The molecule has 0 aromatic carbocycles. The maximum atomic E-state index is 12.7. The van der Waals surface area contributed by atoms with Crippen LogP contribution in [-0.4, -0.2) is 40.0 Å². The van der Waals surface area contributed by atoms with E-state index in [4.69, 9.17) is 4.74 Å². The Morgan fingerprint density at radius 2 is 2.00 bits per heavy atom. The molecule has 0 aromatic heterocycles. The molecule has 1 rings (SSSR count). The van der Waals surface area contributed by atoms with Crippen molar-refractivity contribution in [2.45, 2.75) is 59.1 Å². The molecule has 4 nitrogen and oxygen atoms in total. The van der Waals surface area contributed by atoms with E-state index in [0.717, 1.165) is 12.8 Å². The number of quaternary nitrogens is 1. The highest BCUT2D eigenvalue weighted by molar-refractivity contribution is 9.09. The summed E-state index contributed by atoms with van der Waals surface area (Å²) in [7, 11) is 0. The number of alkyl halides is 1. The molecule has 1 saturated heterocycles. The lowest BCUT2D eigenvalue weighted by Gasteiger charge is -2.35. The predicted octanol–water partition coefficient (Wildman–Crippen LogP) is 3.48. The Balaban J connectivity index is 3.08. The van der Waals surface area contributed by atoms with Gasteiger partial charge < -0.3 is 4.74 Å². The number of hydrogen-bond donors (Lipinski definition) is 0. The van der Waals surface area contributed by atoms with Crippen LogP contribution in [0.25, 0.3) is 0 Å². The Bertz CT molecular complexity index is 364. The molecule has 2 amide bonds. The van der Waals surface area contributed by atoms with Gasteiger partial charge in [-0.2, -0.15) is 9.28 Å². The quantitative estimate of drug-likeness (QED) is 0.573. The molecule has 1 heterocycles. The largest absolute Gasteiger partial charge is 0.524 e. The fraction of sp³-hybridized carbons (Fsp3) is 0.857. The van der Waals surface area contributed by atoms with Crippen LogP contribution in [0.4, 0.5) is 4.79 Å². The summed E-state index contributed by atoms with van der Waals surface area (Å²) >= 11 is 3.33. The van der Waals surface area contributed by atoms with Crippen molar-refractivity contribution >= 4 is 27.9 Å². The smallest absolute Gasteiger partial charge is 0.414 e. The number of amides is 2. The zero-order valence-corrected chi connectivity index (χ0v) is 14.1. The van der Waals surface area contributed by atoms with Crippen LogP contribution in [0.3, 0.4) is 0 Å². The number of carbonyl (C=O) groups is 2. The van der Waals surface area contributed by atoms with Gasteiger partial charge in [0.25, 0.3) is 0 Å². The first-order chi connectivity index (χ1) is 8.65. The number of hydrogen-bond acceptors (Lipinski definition) is 3. The Morgan fingerprint density at radius 1 is 1.42 bits per heavy atom. The van der Waals surface area contributed by atoms with Gasteiger partial charge in [-0.25, -0.2) is 4.79 Å². The minimum Gasteiger partial charge on any atom is -0.414 e. The summed E-state index contributed by atoms with van der Waals surface area (Å²) in [6.07, 6.45) is 1.39. The van der Waals surface area contributed by atoms with E-state index < -0.39 is 11.7 Å². The number of imide groups is 1. The van der Waals surface area contributed by atoms with E-state index >= 15 is 0 Å². The van der Waals surface area contributed by atoms with E-state index in [1.807, 2.05) is 34.6 Å². The maximum Gasteiger partial charge on any atom is 0.524 e. The number of ether oxygens (including phenoxy) is 1. The van der Waals surface area contributed by atoms with Gasteiger partial charge >= 0.3 is 12.0 Å².